The van der Waals surface area contributed by atoms with Gasteiger partial charge in [-0.05, 0) is 12.7 Å². The second-order valence-electron chi connectivity index (χ2n) is 2.78. The quantitative estimate of drug-likeness (QED) is 0.637. The molecule has 0 N–H and O–H groups in total. The molecule has 1 heterocycles. The van der Waals surface area contributed by atoms with Crippen LogP contribution in [0.3, 0.4) is 0 Å². The van der Waals surface area contributed by atoms with E-state index in [2.05, 4.69) is 0 Å². The summed E-state index contributed by atoms with van der Waals surface area (Å²) in [5, 5.41) is 0. The molecule has 4 heteroatoms. The maximum atomic E-state index is 11.4. The first-order valence-corrected chi connectivity index (χ1v) is 5.58. The molecule has 0 radical (unpaired) electrons. The van der Waals surface area contributed by atoms with Gasteiger partial charge in [0, 0.05) is 19.7 Å². The first-order chi connectivity index (χ1) is 5.84. The van der Waals surface area contributed by atoms with Gasteiger partial charge in [0.25, 0.3) is 0 Å². The molecule has 1 rings (SSSR count). The fourth-order valence-electron chi connectivity index (χ4n) is 1.21. The Labute approximate surface area is 77.4 Å². The summed E-state index contributed by atoms with van der Waals surface area (Å²) in [6.45, 7) is 3.11. The van der Waals surface area contributed by atoms with Crippen molar-refractivity contribution in [2.45, 2.75) is 6.42 Å². The molecule has 0 bridgehead atoms. The van der Waals surface area contributed by atoms with Crippen molar-refractivity contribution >= 4 is 17.7 Å². The Hall–Kier alpha value is -0.220. The van der Waals surface area contributed by atoms with Gasteiger partial charge < -0.3 is 9.64 Å². The lowest BCUT2D eigenvalue weighted by Crippen LogP contribution is -2.34. The maximum absolute atomic E-state index is 11.4. The average molecular weight is 189 g/mol. The van der Waals surface area contributed by atoms with Gasteiger partial charge in [-0.1, -0.05) is 0 Å². The molecule has 0 unspecified atom stereocenters. The first kappa shape index (κ1) is 9.86. The smallest absolute Gasteiger partial charge is 0.232 e. The third-order valence-corrected chi connectivity index (χ3v) is 2.38. The predicted octanol–water partition coefficient (Wildman–Crippen LogP) is 0.598. The lowest BCUT2D eigenvalue weighted by atomic mass is 10.4. The van der Waals surface area contributed by atoms with Gasteiger partial charge in [0.05, 0.1) is 12.4 Å². The van der Waals surface area contributed by atoms with Gasteiger partial charge in [-0.15, -0.1) is 0 Å². The second kappa shape index (κ2) is 5.43. The van der Waals surface area contributed by atoms with Crippen LogP contribution in [0.25, 0.3) is 0 Å². The molecular formula is C8H15NO2S. The molecule has 0 atom stereocenters. The summed E-state index contributed by atoms with van der Waals surface area (Å²) in [5.74, 6) is 0.841. The van der Waals surface area contributed by atoms with Crippen LogP contribution in [-0.2, 0) is 9.53 Å². The lowest BCUT2D eigenvalue weighted by molar-refractivity contribution is -0.128. The van der Waals surface area contributed by atoms with E-state index in [0.717, 1.165) is 26.1 Å². The third kappa shape index (κ3) is 3.03. The molecule has 0 saturated carbocycles. The van der Waals surface area contributed by atoms with Crippen molar-refractivity contribution in [2.75, 3.05) is 38.3 Å². The highest BCUT2D eigenvalue weighted by Gasteiger charge is 2.14. The van der Waals surface area contributed by atoms with E-state index in [-0.39, 0.29) is 5.91 Å². The number of amides is 1. The van der Waals surface area contributed by atoms with Crippen LogP contribution in [-0.4, -0.2) is 49.1 Å². The normalized spacial score (nSPS) is 18.9. The van der Waals surface area contributed by atoms with Gasteiger partial charge in [-0.2, -0.15) is 11.8 Å². The van der Waals surface area contributed by atoms with E-state index in [0.29, 0.717) is 12.4 Å². The molecule has 0 aromatic carbocycles. The fraction of sp³-hybridized carbons (Fsp3) is 0.875. The summed E-state index contributed by atoms with van der Waals surface area (Å²) in [6.07, 6.45) is 2.92. The summed E-state index contributed by atoms with van der Waals surface area (Å²) >= 11 is 1.58. The van der Waals surface area contributed by atoms with Crippen LogP contribution in [0.1, 0.15) is 6.42 Å². The number of hydrogen-bond donors (Lipinski definition) is 0. The molecule has 1 saturated heterocycles. The van der Waals surface area contributed by atoms with Gasteiger partial charge in [-0.3, -0.25) is 4.79 Å². The summed E-state index contributed by atoms with van der Waals surface area (Å²) in [5.41, 5.74) is 0. The Morgan fingerprint density at radius 1 is 1.50 bits per heavy atom. The first-order valence-electron chi connectivity index (χ1n) is 4.19. The Balaban J connectivity index is 2.32. The molecule has 0 spiro atoms. The second-order valence-corrected chi connectivity index (χ2v) is 3.65. The van der Waals surface area contributed by atoms with Gasteiger partial charge in [0.1, 0.15) is 0 Å². The molecule has 1 aliphatic rings. The molecule has 0 aliphatic carbocycles. The van der Waals surface area contributed by atoms with Crippen LogP contribution >= 0.6 is 11.8 Å². The van der Waals surface area contributed by atoms with E-state index in [1.165, 1.54) is 0 Å². The summed E-state index contributed by atoms with van der Waals surface area (Å²) in [6, 6.07) is 0. The molecule has 0 aromatic heterocycles. The number of ether oxygens (including phenoxy) is 1. The molecule has 1 fully saturated rings. The number of rotatable bonds is 2. The van der Waals surface area contributed by atoms with Crippen LogP contribution in [0.5, 0.6) is 0 Å². The van der Waals surface area contributed by atoms with E-state index in [9.17, 15) is 4.79 Å². The topological polar surface area (TPSA) is 29.5 Å². The lowest BCUT2D eigenvalue weighted by Gasteiger charge is -2.18. The molecule has 0 aromatic rings. The van der Waals surface area contributed by atoms with E-state index < -0.39 is 0 Å². The van der Waals surface area contributed by atoms with E-state index in [1.807, 2.05) is 11.2 Å². The Morgan fingerprint density at radius 2 is 2.33 bits per heavy atom. The van der Waals surface area contributed by atoms with Crippen LogP contribution in [0.15, 0.2) is 0 Å². The van der Waals surface area contributed by atoms with Crippen LogP contribution in [0.4, 0.5) is 0 Å². The largest absolute Gasteiger partial charge is 0.380 e. The van der Waals surface area contributed by atoms with Crippen molar-refractivity contribution in [2.24, 2.45) is 0 Å². The van der Waals surface area contributed by atoms with Gasteiger partial charge in [0.2, 0.25) is 5.91 Å². The molecule has 70 valence electrons. The molecule has 12 heavy (non-hydrogen) atoms. The van der Waals surface area contributed by atoms with Crippen LogP contribution < -0.4 is 0 Å². The fourth-order valence-corrected chi connectivity index (χ4v) is 1.64. The minimum Gasteiger partial charge on any atom is -0.380 e. The minimum absolute atomic E-state index is 0.244. The Bertz CT molecular complexity index is 144. The van der Waals surface area contributed by atoms with Crippen molar-refractivity contribution in [1.82, 2.24) is 4.90 Å². The van der Waals surface area contributed by atoms with Crippen molar-refractivity contribution in [1.29, 1.82) is 0 Å². The van der Waals surface area contributed by atoms with E-state index in [4.69, 9.17) is 4.74 Å². The van der Waals surface area contributed by atoms with Crippen molar-refractivity contribution < 1.29 is 9.53 Å². The zero-order valence-electron chi connectivity index (χ0n) is 7.41. The molecular weight excluding hydrogens is 174 g/mol. The maximum Gasteiger partial charge on any atom is 0.232 e. The average Bonchev–Trinajstić information content (AvgIpc) is 2.32. The van der Waals surface area contributed by atoms with Gasteiger partial charge in [-0.25, -0.2) is 0 Å². The van der Waals surface area contributed by atoms with Crippen LogP contribution in [0.2, 0.25) is 0 Å². The standard InChI is InChI=1S/C8H15NO2S/c1-12-7-8(10)9-3-2-5-11-6-4-9/h2-7H2,1H3. The molecule has 1 amide bonds. The minimum atomic E-state index is 0.244. The molecule has 1 aliphatic heterocycles. The highest BCUT2D eigenvalue weighted by atomic mass is 32.2. The molecule has 3 nitrogen and oxygen atoms in total. The van der Waals surface area contributed by atoms with Crippen molar-refractivity contribution in [3.63, 3.8) is 0 Å². The SMILES string of the molecule is CSCC(=O)N1CCCOCC1. The van der Waals surface area contributed by atoms with Crippen molar-refractivity contribution in [3.05, 3.63) is 0 Å². The highest BCUT2D eigenvalue weighted by molar-refractivity contribution is 7.99. The Kier molecular flexibility index (Phi) is 4.46. The predicted molar refractivity (Wildman–Crippen MR) is 50.4 cm³/mol. The van der Waals surface area contributed by atoms with E-state index >= 15 is 0 Å². The zero-order chi connectivity index (χ0) is 8.81. The third-order valence-electron chi connectivity index (χ3n) is 1.84. The number of hydrogen-bond acceptors (Lipinski definition) is 3. The van der Waals surface area contributed by atoms with Crippen molar-refractivity contribution in [3.8, 4) is 0 Å². The number of carbonyl (C=O) groups is 1. The van der Waals surface area contributed by atoms with Crippen LogP contribution in [0, 0.1) is 0 Å². The summed E-state index contributed by atoms with van der Waals surface area (Å²) < 4.78 is 5.25. The summed E-state index contributed by atoms with van der Waals surface area (Å²) in [7, 11) is 0. The number of thioether (sulfide) groups is 1. The monoisotopic (exact) mass is 189 g/mol. The number of carbonyl (C=O) groups excluding carboxylic acids is 1. The van der Waals surface area contributed by atoms with E-state index in [1.54, 1.807) is 11.8 Å². The summed E-state index contributed by atoms with van der Waals surface area (Å²) in [4.78, 5) is 13.3. The Morgan fingerprint density at radius 3 is 3.08 bits per heavy atom. The zero-order valence-corrected chi connectivity index (χ0v) is 8.23. The number of nitrogens with zero attached hydrogens (tertiary/aromatic N) is 1. The highest BCUT2D eigenvalue weighted by Crippen LogP contribution is 2.02. The van der Waals surface area contributed by atoms with Gasteiger partial charge in [0.15, 0.2) is 0 Å². The van der Waals surface area contributed by atoms with Gasteiger partial charge >= 0.3 is 0 Å².